The zero-order valence-electron chi connectivity index (χ0n) is 31.3. The van der Waals surface area contributed by atoms with Crippen molar-refractivity contribution in [1.29, 1.82) is 5.26 Å². The number of nitrogens with zero attached hydrogens (tertiary/aromatic N) is 7. The van der Waals surface area contributed by atoms with Crippen molar-refractivity contribution in [3.8, 4) is 6.07 Å². The molecule has 0 bridgehead atoms. The Morgan fingerprint density at radius 3 is 2.65 bits per heavy atom. The van der Waals surface area contributed by atoms with Gasteiger partial charge in [-0.15, -0.1) is 6.58 Å². The molecular formula is C44H44F2N8O. The fourth-order valence-corrected chi connectivity index (χ4v) is 8.35. The maximum absolute atomic E-state index is 14.0. The van der Waals surface area contributed by atoms with E-state index in [4.69, 9.17) is 14.7 Å². The van der Waals surface area contributed by atoms with Gasteiger partial charge in [-0.1, -0.05) is 36.9 Å². The van der Waals surface area contributed by atoms with Crippen molar-refractivity contribution in [1.82, 2.24) is 24.8 Å². The molecule has 4 aromatic rings. The Hall–Kier alpha value is -5.41. The molecule has 2 fully saturated rings. The lowest BCUT2D eigenvalue weighted by Crippen LogP contribution is -2.33. The first-order valence-electron chi connectivity index (χ1n) is 18.9. The van der Waals surface area contributed by atoms with Crippen LogP contribution in [-0.4, -0.2) is 63.4 Å². The second-order valence-corrected chi connectivity index (χ2v) is 14.7. The van der Waals surface area contributed by atoms with E-state index in [1.807, 2.05) is 61.5 Å². The van der Waals surface area contributed by atoms with E-state index in [9.17, 15) is 14.0 Å². The number of aliphatic imine (C=N–C) groups is 1. The zero-order valence-corrected chi connectivity index (χ0v) is 31.3. The molecule has 1 unspecified atom stereocenters. The summed E-state index contributed by atoms with van der Waals surface area (Å²) in [5, 5.41) is 13.5. The molecule has 0 radical (unpaired) electrons. The van der Waals surface area contributed by atoms with E-state index < -0.39 is 12.2 Å². The van der Waals surface area contributed by atoms with Crippen LogP contribution in [0.4, 0.5) is 26.0 Å². The topological polar surface area (TPSA) is 103 Å². The van der Waals surface area contributed by atoms with Crippen molar-refractivity contribution in [2.45, 2.75) is 58.5 Å². The Morgan fingerprint density at radius 2 is 1.95 bits per heavy atom. The molecule has 1 N–H and O–H groups in total. The second-order valence-electron chi connectivity index (χ2n) is 14.7. The van der Waals surface area contributed by atoms with E-state index in [-0.39, 0.29) is 11.9 Å². The van der Waals surface area contributed by atoms with E-state index in [0.717, 1.165) is 102 Å². The average Bonchev–Trinajstić information content (AvgIpc) is 3.46. The van der Waals surface area contributed by atoms with Gasteiger partial charge in [-0.2, -0.15) is 5.26 Å². The van der Waals surface area contributed by atoms with Crippen LogP contribution in [0.1, 0.15) is 84.9 Å². The molecule has 9 nitrogen and oxygen atoms in total. The summed E-state index contributed by atoms with van der Waals surface area (Å²) in [4.78, 5) is 23.0. The predicted octanol–water partition coefficient (Wildman–Crippen LogP) is 9.29. The minimum Gasteiger partial charge on any atom is -0.365 e. The van der Waals surface area contributed by atoms with Gasteiger partial charge in [-0.3, -0.25) is 14.8 Å². The van der Waals surface area contributed by atoms with Crippen molar-refractivity contribution < 1.29 is 13.5 Å². The Balaban J connectivity index is 1.05. The third-order valence-corrected chi connectivity index (χ3v) is 11.2. The summed E-state index contributed by atoms with van der Waals surface area (Å²) in [5.41, 5.74) is 11.6. The van der Waals surface area contributed by atoms with Gasteiger partial charge in [-0.05, 0) is 110 Å². The number of anilines is 2. The SMILES string of the molecule is C=CCC1CCN(Cc2cc(C#N)c3c(c2)N=C(/C(C=C)=C(C)/C(=C\C)c2cccc(Nc4nc(C(F)F)nc5cc6c(nc45)C6N4CCOC4)c2)C3)CC1. The van der Waals surface area contributed by atoms with Crippen molar-refractivity contribution in [3.05, 3.63) is 124 Å². The molecule has 1 atom stereocenters. The molecule has 3 aliphatic heterocycles. The van der Waals surface area contributed by atoms with Crippen molar-refractivity contribution in [3.63, 3.8) is 0 Å². The standard InChI is InChI=1S/C44H44F2N8O/c1-5-9-27-12-14-53(15-13-27)24-28-18-30(23-47)34-21-37(49-36(34)19-28)33(7-3)26(4)32(6-2)29-10-8-11-31(20-29)48-43-40-38(50-44(52-43)42(45)46)22-35-39(51-40)41(35)54-16-17-55-25-54/h5-8,10-11,18-20,22,27,41-42H,1,3,9,12-17,21,24-25H2,2,4H3,(H,48,50,52)/b32-6+,33-26+. The molecule has 55 heavy (non-hydrogen) atoms. The van der Waals surface area contributed by atoms with Crippen molar-refractivity contribution in [2.24, 2.45) is 10.9 Å². The van der Waals surface area contributed by atoms with Crippen LogP contribution in [0.2, 0.25) is 0 Å². The largest absolute Gasteiger partial charge is 0.365 e. The fraction of sp³-hybridized carbons (Fsp3) is 0.341. The third kappa shape index (κ3) is 7.25. The zero-order chi connectivity index (χ0) is 38.2. The number of piperidine rings is 1. The number of allylic oxidation sites excluding steroid dienone is 6. The third-order valence-electron chi connectivity index (χ3n) is 11.2. The van der Waals surface area contributed by atoms with E-state index >= 15 is 0 Å². The number of hydrogen-bond donors (Lipinski definition) is 1. The molecule has 2 saturated heterocycles. The number of fused-ring (bicyclic) bond motifs is 3. The highest BCUT2D eigenvalue weighted by molar-refractivity contribution is 6.11. The second kappa shape index (κ2) is 15.4. The minimum absolute atomic E-state index is 0.00945. The number of benzene rings is 2. The number of pyridine rings is 1. The van der Waals surface area contributed by atoms with Gasteiger partial charge in [0.1, 0.15) is 5.52 Å². The highest BCUT2D eigenvalue weighted by atomic mass is 19.3. The van der Waals surface area contributed by atoms with Crippen molar-refractivity contribution >= 4 is 39.5 Å². The number of nitrogens with one attached hydrogen (secondary N) is 1. The first-order chi connectivity index (χ1) is 26.8. The lowest BCUT2D eigenvalue weighted by atomic mass is 9.90. The molecule has 4 aliphatic rings. The summed E-state index contributed by atoms with van der Waals surface area (Å²) >= 11 is 0. The van der Waals surface area contributed by atoms with Gasteiger partial charge in [0, 0.05) is 36.3 Å². The Kier molecular flexibility index (Phi) is 10.2. The maximum atomic E-state index is 14.0. The van der Waals surface area contributed by atoms with Crippen LogP contribution in [0.3, 0.4) is 0 Å². The van der Waals surface area contributed by atoms with Gasteiger partial charge >= 0.3 is 0 Å². The normalized spacial score (nSPS) is 19.2. The Labute approximate surface area is 320 Å². The number of ether oxygens (including phenoxy) is 1. The van der Waals surface area contributed by atoms with Gasteiger partial charge in [0.2, 0.25) is 0 Å². The molecule has 5 heterocycles. The van der Waals surface area contributed by atoms with E-state index in [1.165, 1.54) is 0 Å². The molecule has 8 rings (SSSR count). The van der Waals surface area contributed by atoms with Crippen molar-refractivity contribution in [2.75, 3.05) is 38.3 Å². The van der Waals surface area contributed by atoms with Crippen LogP contribution in [0.5, 0.6) is 0 Å². The number of rotatable bonds is 12. The lowest BCUT2D eigenvalue weighted by Gasteiger charge is -2.31. The van der Waals surface area contributed by atoms with E-state index in [1.54, 1.807) is 0 Å². The summed E-state index contributed by atoms with van der Waals surface area (Å²) in [6.45, 7) is 16.9. The van der Waals surface area contributed by atoms with Gasteiger partial charge in [0.05, 0.1) is 53.6 Å². The quantitative estimate of drug-likeness (QED) is 0.113. The Bertz CT molecular complexity index is 2330. The number of aromatic nitrogens is 3. The van der Waals surface area contributed by atoms with Crippen LogP contribution < -0.4 is 5.32 Å². The van der Waals surface area contributed by atoms with Crippen LogP contribution in [0, 0.1) is 17.2 Å². The van der Waals surface area contributed by atoms with Gasteiger partial charge in [0.25, 0.3) is 6.43 Å². The van der Waals surface area contributed by atoms with Crippen LogP contribution in [-0.2, 0) is 17.7 Å². The van der Waals surface area contributed by atoms with Gasteiger partial charge < -0.3 is 10.1 Å². The van der Waals surface area contributed by atoms with Crippen LogP contribution in [0.25, 0.3) is 16.6 Å². The average molecular weight is 739 g/mol. The first kappa shape index (κ1) is 36.6. The summed E-state index contributed by atoms with van der Waals surface area (Å²) in [5.74, 6) is 0.385. The van der Waals surface area contributed by atoms with E-state index in [2.05, 4.69) is 57.3 Å². The lowest BCUT2D eigenvalue weighted by molar-refractivity contribution is 0.134. The molecule has 0 saturated carbocycles. The Morgan fingerprint density at radius 1 is 1.11 bits per heavy atom. The molecule has 0 spiro atoms. The summed E-state index contributed by atoms with van der Waals surface area (Å²) in [7, 11) is 0. The number of halogens is 2. The summed E-state index contributed by atoms with van der Waals surface area (Å²) in [6, 6.07) is 16.2. The minimum atomic E-state index is -2.84. The maximum Gasteiger partial charge on any atom is 0.297 e. The van der Waals surface area contributed by atoms with Crippen LogP contribution >= 0.6 is 0 Å². The molecule has 2 aromatic carbocycles. The summed E-state index contributed by atoms with van der Waals surface area (Å²) in [6.07, 6.45) is 7.00. The number of likely N-dealkylation sites (tertiary alicyclic amines) is 1. The fourth-order valence-electron chi connectivity index (χ4n) is 8.35. The predicted molar refractivity (Wildman–Crippen MR) is 213 cm³/mol. The monoisotopic (exact) mass is 738 g/mol. The molecular weight excluding hydrogens is 695 g/mol. The first-order valence-corrected chi connectivity index (χ1v) is 18.9. The number of hydrogen-bond acceptors (Lipinski definition) is 9. The summed E-state index contributed by atoms with van der Waals surface area (Å²) < 4.78 is 33.6. The number of nitriles is 1. The van der Waals surface area contributed by atoms with E-state index in [0.29, 0.717) is 48.0 Å². The molecule has 2 aromatic heterocycles. The molecule has 0 amide bonds. The number of alkyl halides is 2. The smallest absolute Gasteiger partial charge is 0.297 e. The molecule has 1 aliphatic carbocycles. The highest BCUT2D eigenvalue weighted by Crippen LogP contribution is 2.47. The van der Waals surface area contributed by atoms with Crippen LogP contribution in [0.15, 0.2) is 90.0 Å². The van der Waals surface area contributed by atoms with Gasteiger partial charge in [0.15, 0.2) is 11.6 Å². The molecule has 11 heteroatoms. The van der Waals surface area contributed by atoms with Gasteiger partial charge in [-0.25, -0.2) is 23.7 Å². The highest BCUT2D eigenvalue weighted by Gasteiger charge is 2.42. The molecule has 280 valence electrons.